The zero-order valence-corrected chi connectivity index (χ0v) is 33.1. The Bertz CT molecular complexity index is 1980. The number of carbonyl (C=O) groups is 4. The lowest BCUT2D eigenvalue weighted by atomic mass is 9.81. The van der Waals surface area contributed by atoms with Crippen molar-refractivity contribution in [1.29, 1.82) is 0 Å². The number of hydrogen-bond acceptors (Lipinski definition) is 9. The van der Waals surface area contributed by atoms with E-state index >= 15 is 0 Å². The lowest BCUT2D eigenvalue weighted by Crippen LogP contribution is -2.48. The number of rotatable bonds is 12. The highest BCUT2D eigenvalue weighted by Gasteiger charge is 2.30. The molecule has 4 amide bonds. The van der Waals surface area contributed by atoms with Crippen LogP contribution in [-0.2, 0) is 20.7 Å². The van der Waals surface area contributed by atoms with Gasteiger partial charge in [0.25, 0.3) is 5.91 Å². The first kappa shape index (κ1) is 41.0. The number of nitrogens with one attached hydrogen (secondary N) is 5. The number of tetrazole rings is 1. The predicted octanol–water partition coefficient (Wildman–Crippen LogP) is 5.87. The van der Waals surface area contributed by atoms with E-state index in [2.05, 4.69) is 41.9 Å². The van der Waals surface area contributed by atoms with Crippen LogP contribution >= 0.6 is 0 Å². The van der Waals surface area contributed by atoms with Gasteiger partial charge in [-0.3, -0.25) is 14.4 Å². The van der Waals surface area contributed by atoms with Gasteiger partial charge >= 0.3 is 6.09 Å². The van der Waals surface area contributed by atoms with Gasteiger partial charge in [0.05, 0.1) is 6.10 Å². The lowest BCUT2D eigenvalue weighted by molar-refractivity contribution is -0.130. The summed E-state index contributed by atoms with van der Waals surface area (Å²) in [7, 11) is 0. The molecule has 0 spiro atoms. The molecule has 2 aliphatic carbocycles. The number of aliphatic hydroxyl groups is 1. The number of hydrogen-bond donors (Lipinski definition) is 6. The van der Waals surface area contributed by atoms with Crippen LogP contribution in [0.15, 0.2) is 66.7 Å². The van der Waals surface area contributed by atoms with Gasteiger partial charge in [0.2, 0.25) is 17.6 Å². The van der Waals surface area contributed by atoms with Gasteiger partial charge in [-0.25, -0.2) is 4.79 Å². The van der Waals surface area contributed by atoms with Gasteiger partial charge in [-0.05, 0) is 149 Å². The number of aryl methyl sites for hydroxylation is 1. The zero-order chi connectivity index (χ0) is 40.5. The second-order valence-corrected chi connectivity index (χ2v) is 16.4. The Morgan fingerprint density at radius 1 is 0.877 bits per heavy atom. The molecule has 302 valence electrons. The molecule has 0 aliphatic heterocycles. The van der Waals surface area contributed by atoms with Crippen molar-refractivity contribution in [2.45, 2.75) is 109 Å². The Balaban J connectivity index is 1.11. The fraction of sp³-hybridized carbons (Fsp3) is 0.465. The summed E-state index contributed by atoms with van der Waals surface area (Å²) >= 11 is 0. The Kier molecular flexibility index (Phi) is 13.3. The van der Waals surface area contributed by atoms with Crippen molar-refractivity contribution in [3.05, 3.63) is 83.4 Å². The molecule has 1 heterocycles. The molecule has 4 aromatic rings. The van der Waals surface area contributed by atoms with Gasteiger partial charge in [0.15, 0.2) is 0 Å². The monoisotopic (exact) mass is 778 g/mol. The van der Waals surface area contributed by atoms with Crippen LogP contribution in [0.3, 0.4) is 0 Å². The maximum Gasteiger partial charge on any atom is 0.407 e. The van der Waals surface area contributed by atoms with E-state index < -0.39 is 17.7 Å². The van der Waals surface area contributed by atoms with E-state index in [1.807, 2.05) is 70.2 Å². The molecule has 0 unspecified atom stereocenters. The van der Waals surface area contributed by atoms with Gasteiger partial charge in [0, 0.05) is 41.7 Å². The number of alkyl carbamates (subject to hydrolysis) is 1. The highest BCUT2D eigenvalue weighted by Crippen LogP contribution is 2.30. The summed E-state index contributed by atoms with van der Waals surface area (Å²) in [5.74, 6) is -0.241. The third kappa shape index (κ3) is 11.7. The third-order valence-corrected chi connectivity index (χ3v) is 10.8. The maximum atomic E-state index is 13.9. The van der Waals surface area contributed by atoms with Crippen molar-refractivity contribution in [1.82, 2.24) is 36.6 Å². The molecule has 1 atom stereocenters. The predicted molar refractivity (Wildman–Crippen MR) is 216 cm³/mol. The van der Waals surface area contributed by atoms with Gasteiger partial charge in [-0.2, -0.15) is 5.21 Å². The Hall–Kier alpha value is -5.63. The number of benzene rings is 3. The molecule has 6 N–H and O–H groups in total. The summed E-state index contributed by atoms with van der Waals surface area (Å²) in [6, 6.07) is 19.8. The molecule has 0 bridgehead atoms. The molecule has 14 heteroatoms. The molecular weight excluding hydrogens is 725 g/mol. The average molecular weight is 779 g/mol. The SMILES string of the molecule is Cc1ccc(C(=O)N[C@H]2CC[C@H](O)CC2)cc1-c1ccc(C[C@H](NC(=O)[C@H]2CC[C@H](CNC(=O)OC(C)(C)C)CC2)C(=O)Nc2ccc(-c3nn[nH]n3)cc2)cc1. The highest BCUT2D eigenvalue weighted by molar-refractivity contribution is 5.98. The summed E-state index contributed by atoms with van der Waals surface area (Å²) in [6.45, 7) is 7.96. The minimum Gasteiger partial charge on any atom is -0.444 e. The maximum absolute atomic E-state index is 13.9. The molecule has 3 aromatic carbocycles. The summed E-state index contributed by atoms with van der Waals surface area (Å²) in [5, 5.41) is 35.9. The summed E-state index contributed by atoms with van der Waals surface area (Å²) < 4.78 is 5.36. The minimum atomic E-state index is -0.860. The molecular formula is C43H54N8O6. The number of anilines is 1. The number of amides is 4. The molecule has 14 nitrogen and oxygen atoms in total. The minimum absolute atomic E-state index is 0.0507. The highest BCUT2D eigenvalue weighted by atomic mass is 16.6. The topological polar surface area (TPSA) is 200 Å². The largest absolute Gasteiger partial charge is 0.444 e. The summed E-state index contributed by atoms with van der Waals surface area (Å²) in [5.41, 5.74) is 5.02. The number of carbonyl (C=O) groups excluding carboxylic acids is 4. The van der Waals surface area contributed by atoms with E-state index in [1.165, 1.54) is 0 Å². The molecule has 57 heavy (non-hydrogen) atoms. The summed E-state index contributed by atoms with van der Waals surface area (Å²) in [6.07, 6.45) is 5.25. The molecule has 0 radical (unpaired) electrons. The van der Waals surface area contributed by atoms with Gasteiger partial charge in [-0.15, -0.1) is 10.2 Å². The molecule has 6 rings (SSSR count). The number of aliphatic hydroxyl groups excluding tert-OH is 1. The van der Waals surface area contributed by atoms with Crippen LogP contribution in [0.2, 0.25) is 0 Å². The number of nitrogens with zero attached hydrogens (tertiary/aromatic N) is 3. The van der Waals surface area contributed by atoms with Crippen molar-refractivity contribution in [2.75, 3.05) is 11.9 Å². The van der Waals surface area contributed by atoms with Crippen LogP contribution in [-0.4, -0.2) is 79.9 Å². The number of H-pyrrole nitrogens is 1. The fourth-order valence-electron chi connectivity index (χ4n) is 7.50. The van der Waals surface area contributed by atoms with Crippen molar-refractivity contribution < 1.29 is 29.0 Å². The second-order valence-electron chi connectivity index (χ2n) is 16.4. The van der Waals surface area contributed by atoms with E-state index in [0.717, 1.165) is 53.5 Å². The number of aromatic nitrogens is 4. The quantitative estimate of drug-likeness (QED) is 0.102. The van der Waals surface area contributed by atoms with Crippen molar-refractivity contribution in [3.63, 3.8) is 0 Å². The van der Waals surface area contributed by atoms with Crippen LogP contribution in [0.1, 0.15) is 93.6 Å². The standard InChI is InChI=1S/C43H54N8O6/c1-26-5-10-32(40(54)45-34-19-21-35(52)22-20-34)24-36(26)29-11-6-27(7-12-29)23-37(41(55)46-33-17-15-30(16-18-33)38-48-50-51-49-38)47-39(53)31-13-8-28(9-14-31)25-44-42(56)57-43(2,3)4/h5-7,10-12,15-18,24,28,31,34-35,37,52H,8-9,13-14,19-23,25H2,1-4H3,(H,44,56)(H,45,54)(H,46,55)(H,47,53)(H,48,49,50,51)/t28-,31-,34-,35-,37-/m0/s1. The second kappa shape index (κ2) is 18.5. The zero-order valence-electron chi connectivity index (χ0n) is 33.1. The van der Waals surface area contributed by atoms with Crippen LogP contribution in [0.5, 0.6) is 0 Å². The molecule has 1 aromatic heterocycles. The molecule has 2 aliphatic rings. The van der Waals surface area contributed by atoms with Crippen molar-refractivity contribution in [2.24, 2.45) is 11.8 Å². The number of aromatic amines is 1. The first-order valence-electron chi connectivity index (χ1n) is 19.9. The van der Waals surface area contributed by atoms with Crippen LogP contribution in [0.25, 0.3) is 22.5 Å². The Morgan fingerprint density at radius 3 is 2.21 bits per heavy atom. The Labute approximate surface area is 333 Å². The number of ether oxygens (including phenoxy) is 1. The van der Waals surface area contributed by atoms with Gasteiger partial charge < -0.3 is 31.1 Å². The lowest BCUT2D eigenvalue weighted by Gasteiger charge is -2.29. The van der Waals surface area contributed by atoms with Crippen LogP contribution in [0, 0.1) is 18.8 Å². The van der Waals surface area contributed by atoms with E-state index in [-0.39, 0.29) is 48.1 Å². The van der Waals surface area contributed by atoms with Crippen LogP contribution < -0.4 is 21.3 Å². The molecule has 2 saturated carbocycles. The van der Waals surface area contributed by atoms with Gasteiger partial charge in [-0.1, -0.05) is 30.3 Å². The van der Waals surface area contributed by atoms with E-state index in [0.29, 0.717) is 49.3 Å². The van der Waals surface area contributed by atoms with E-state index in [4.69, 9.17) is 4.74 Å². The summed E-state index contributed by atoms with van der Waals surface area (Å²) in [4.78, 5) is 52.9. The van der Waals surface area contributed by atoms with Crippen molar-refractivity contribution >= 4 is 29.5 Å². The molecule has 0 saturated heterocycles. The van der Waals surface area contributed by atoms with E-state index in [9.17, 15) is 24.3 Å². The van der Waals surface area contributed by atoms with E-state index in [1.54, 1.807) is 24.3 Å². The normalized spacial score (nSPS) is 20.2. The average Bonchev–Trinajstić information content (AvgIpc) is 3.73. The van der Waals surface area contributed by atoms with Gasteiger partial charge in [0.1, 0.15) is 11.6 Å². The van der Waals surface area contributed by atoms with Crippen molar-refractivity contribution in [3.8, 4) is 22.5 Å². The smallest absolute Gasteiger partial charge is 0.407 e. The fourth-order valence-corrected chi connectivity index (χ4v) is 7.50. The first-order valence-corrected chi connectivity index (χ1v) is 19.9. The molecule has 2 fully saturated rings. The third-order valence-electron chi connectivity index (χ3n) is 10.8. The van der Waals surface area contributed by atoms with Crippen LogP contribution in [0.4, 0.5) is 10.5 Å². The first-order chi connectivity index (χ1) is 27.3. The Morgan fingerprint density at radius 2 is 1.56 bits per heavy atom.